The van der Waals surface area contributed by atoms with Crippen LogP contribution in [0.1, 0.15) is 43.4 Å². The van der Waals surface area contributed by atoms with Crippen molar-refractivity contribution in [3.05, 3.63) is 35.4 Å². The Morgan fingerprint density at radius 3 is 1.93 bits per heavy atom. The zero-order valence-electron chi connectivity index (χ0n) is 14.5. The molecule has 1 aromatic rings. The molecule has 0 aliphatic carbocycles. The van der Waals surface area contributed by atoms with E-state index in [1.54, 1.807) is 6.07 Å². The van der Waals surface area contributed by atoms with Crippen LogP contribution in [0.4, 0.5) is 39.5 Å². The van der Waals surface area contributed by atoms with E-state index in [2.05, 4.69) is 0 Å². The molecule has 0 saturated carbocycles. The molecule has 1 aromatic carbocycles. The molecule has 27 heavy (non-hydrogen) atoms. The monoisotopic (exact) mass is 410 g/mol. The fraction of sp³-hybridized carbons (Fsp3) is 0.647. The normalized spacial score (nSPS) is 15.1. The van der Waals surface area contributed by atoms with Crippen molar-refractivity contribution >= 4 is 0 Å². The molecular weight excluding hydrogens is 391 g/mol. The van der Waals surface area contributed by atoms with Gasteiger partial charge >= 0.3 is 23.9 Å². The number of hydrogen-bond acceptors (Lipinski definition) is 1. The van der Waals surface area contributed by atoms with Gasteiger partial charge in [-0.05, 0) is 24.0 Å². The molecule has 0 bridgehead atoms. The second kappa shape index (κ2) is 8.28. The molecular formula is C17H19F9O. The number of alkyl halides is 9. The summed E-state index contributed by atoms with van der Waals surface area (Å²) in [4.78, 5) is 0. The minimum Gasteiger partial charge on any atom is -0.377 e. The van der Waals surface area contributed by atoms with E-state index in [1.165, 1.54) is 18.2 Å². The summed E-state index contributed by atoms with van der Waals surface area (Å²) in [5, 5.41) is 0. The molecule has 1 rings (SSSR count). The Bertz CT molecular complexity index is 611. The number of methoxy groups -OCH3 is 1. The largest absolute Gasteiger partial charge is 0.460 e. The number of benzene rings is 1. The molecule has 0 fully saturated rings. The predicted molar refractivity (Wildman–Crippen MR) is 80.3 cm³/mol. The average molecular weight is 410 g/mol. The summed E-state index contributed by atoms with van der Waals surface area (Å²) in [6, 6.07) is 5.77. The molecule has 0 saturated heterocycles. The first kappa shape index (κ1) is 23.6. The molecule has 0 aliphatic heterocycles. The van der Waals surface area contributed by atoms with Crippen LogP contribution in [0.3, 0.4) is 0 Å². The molecule has 0 heterocycles. The third-order valence-electron chi connectivity index (χ3n) is 4.14. The first-order chi connectivity index (χ1) is 12.2. The van der Waals surface area contributed by atoms with Crippen LogP contribution in [0.25, 0.3) is 0 Å². The van der Waals surface area contributed by atoms with Gasteiger partial charge in [-0.2, -0.15) is 39.5 Å². The first-order valence-corrected chi connectivity index (χ1v) is 8.03. The van der Waals surface area contributed by atoms with Gasteiger partial charge in [-0.15, -0.1) is 0 Å². The minimum absolute atomic E-state index is 0.0410. The van der Waals surface area contributed by atoms with Crippen molar-refractivity contribution in [2.45, 2.75) is 62.7 Å². The third-order valence-corrected chi connectivity index (χ3v) is 4.14. The average Bonchev–Trinajstić information content (AvgIpc) is 2.56. The quantitative estimate of drug-likeness (QED) is 0.418. The number of unbranched alkanes of at least 4 members (excludes halogenated alkanes) is 1. The lowest BCUT2D eigenvalue weighted by Gasteiger charge is -2.35. The number of halogens is 9. The van der Waals surface area contributed by atoms with Crippen molar-refractivity contribution in [2.75, 3.05) is 7.11 Å². The highest BCUT2D eigenvalue weighted by Crippen LogP contribution is 2.55. The smallest absolute Gasteiger partial charge is 0.377 e. The maximum Gasteiger partial charge on any atom is 0.460 e. The zero-order valence-corrected chi connectivity index (χ0v) is 14.5. The fourth-order valence-electron chi connectivity index (χ4n) is 2.53. The van der Waals surface area contributed by atoms with Gasteiger partial charge in [0.05, 0.1) is 6.10 Å². The number of hydrogen-bond donors (Lipinski definition) is 0. The lowest BCUT2D eigenvalue weighted by molar-refractivity contribution is -0.398. The summed E-state index contributed by atoms with van der Waals surface area (Å²) in [6.07, 6.45) is -8.91. The Labute approximate surface area is 150 Å². The van der Waals surface area contributed by atoms with E-state index in [0.29, 0.717) is 18.4 Å². The molecule has 0 aromatic heterocycles. The van der Waals surface area contributed by atoms with Crippen molar-refractivity contribution in [1.82, 2.24) is 0 Å². The van der Waals surface area contributed by atoms with Crippen molar-refractivity contribution in [3.63, 3.8) is 0 Å². The highest BCUT2D eigenvalue weighted by Gasteiger charge is 2.81. The fourth-order valence-corrected chi connectivity index (χ4v) is 2.53. The van der Waals surface area contributed by atoms with Gasteiger partial charge in [0.25, 0.3) is 0 Å². The van der Waals surface area contributed by atoms with Gasteiger partial charge < -0.3 is 4.74 Å². The molecule has 0 N–H and O–H groups in total. The van der Waals surface area contributed by atoms with Gasteiger partial charge in [-0.1, -0.05) is 37.6 Å². The van der Waals surface area contributed by atoms with E-state index in [-0.39, 0.29) is 5.56 Å². The molecule has 1 nitrogen and oxygen atoms in total. The van der Waals surface area contributed by atoms with E-state index in [4.69, 9.17) is 4.74 Å². The van der Waals surface area contributed by atoms with Crippen LogP contribution in [0, 0.1) is 0 Å². The van der Waals surface area contributed by atoms with Crippen LogP contribution in [0.15, 0.2) is 24.3 Å². The van der Waals surface area contributed by atoms with E-state index in [9.17, 15) is 39.5 Å². The minimum atomic E-state index is -6.90. The number of rotatable bonds is 9. The lowest BCUT2D eigenvalue weighted by atomic mass is 9.91. The Morgan fingerprint density at radius 1 is 0.889 bits per heavy atom. The predicted octanol–water partition coefficient (Wildman–Crippen LogP) is 6.58. The second-order valence-corrected chi connectivity index (χ2v) is 6.08. The van der Waals surface area contributed by atoms with Crippen molar-refractivity contribution < 1.29 is 44.3 Å². The van der Waals surface area contributed by atoms with E-state index >= 15 is 0 Å². The van der Waals surface area contributed by atoms with Crippen molar-refractivity contribution in [1.29, 1.82) is 0 Å². The standard InChI is InChI=1S/C17H19F9O/c1-3-4-7-11-8-5-6-9-12(11)13(27-2)10-14(18,19)15(20,21)16(22,23)17(24,25)26/h5-6,8-9,13H,3-4,7,10H2,1-2H3. The molecule has 10 heteroatoms. The van der Waals surface area contributed by atoms with Gasteiger partial charge in [0.15, 0.2) is 0 Å². The van der Waals surface area contributed by atoms with Crippen molar-refractivity contribution in [3.8, 4) is 0 Å². The Kier molecular flexibility index (Phi) is 7.23. The molecule has 0 radical (unpaired) electrons. The summed E-state index contributed by atoms with van der Waals surface area (Å²) in [6.45, 7) is 1.85. The van der Waals surface area contributed by atoms with Crippen LogP contribution in [0.2, 0.25) is 0 Å². The lowest BCUT2D eigenvalue weighted by Crippen LogP contribution is -2.61. The summed E-state index contributed by atoms with van der Waals surface area (Å²) < 4.78 is 122. The SMILES string of the molecule is CCCCc1ccccc1C(CC(F)(F)C(F)(F)C(F)(F)C(F)(F)F)OC. The van der Waals surface area contributed by atoms with Gasteiger partial charge in [0.2, 0.25) is 0 Å². The first-order valence-electron chi connectivity index (χ1n) is 8.03. The van der Waals surface area contributed by atoms with Gasteiger partial charge in [0.1, 0.15) is 0 Å². The van der Waals surface area contributed by atoms with Gasteiger partial charge in [0, 0.05) is 13.5 Å². The number of ether oxygens (including phenoxy) is 1. The summed E-state index contributed by atoms with van der Waals surface area (Å²) >= 11 is 0. The summed E-state index contributed by atoms with van der Waals surface area (Å²) in [7, 11) is 0.886. The zero-order chi connectivity index (χ0) is 21.1. The van der Waals surface area contributed by atoms with E-state index in [1.807, 2.05) is 6.92 Å². The molecule has 0 amide bonds. The van der Waals surface area contributed by atoms with Crippen LogP contribution in [-0.4, -0.2) is 31.1 Å². The summed E-state index contributed by atoms with van der Waals surface area (Å²) in [5.74, 6) is -19.2. The van der Waals surface area contributed by atoms with Gasteiger partial charge in [-0.25, -0.2) is 0 Å². The second-order valence-electron chi connectivity index (χ2n) is 6.08. The van der Waals surface area contributed by atoms with Crippen LogP contribution >= 0.6 is 0 Å². The molecule has 0 spiro atoms. The van der Waals surface area contributed by atoms with E-state index < -0.39 is 36.5 Å². The van der Waals surface area contributed by atoms with Crippen molar-refractivity contribution in [2.24, 2.45) is 0 Å². The van der Waals surface area contributed by atoms with Crippen LogP contribution in [-0.2, 0) is 11.2 Å². The summed E-state index contributed by atoms with van der Waals surface area (Å²) in [5.41, 5.74) is 0.507. The maximum atomic E-state index is 13.9. The van der Waals surface area contributed by atoms with Crippen LogP contribution < -0.4 is 0 Å². The molecule has 0 aliphatic rings. The Morgan fingerprint density at radius 2 is 1.44 bits per heavy atom. The molecule has 1 atom stereocenters. The van der Waals surface area contributed by atoms with Crippen LogP contribution in [0.5, 0.6) is 0 Å². The molecule has 156 valence electrons. The van der Waals surface area contributed by atoms with Gasteiger partial charge in [-0.3, -0.25) is 0 Å². The highest BCUT2D eigenvalue weighted by atomic mass is 19.4. The maximum absolute atomic E-state index is 13.9. The Hall–Kier alpha value is -1.45. The topological polar surface area (TPSA) is 9.23 Å². The molecule has 1 unspecified atom stereocenters. The number of aryl methyl sites for hydroxylation is 1. The highest BCUT2D eigenvalue weighted by molar-refractivity contribution is 5.30. The Balaban J connectivity index is 3.23. The third kappa shape index (κ3) is 4.70. The van der Waals surface area contributed by atoms with E-state index in [0.717, 1.165) is 13.5 Å².